The lowest BCUT2D eigenvalue weighted by Gasteiger charge is -2.12. The minimum atomic E-state index is 0.851. The molecule has 1 aromatic heterocycles. The second kappa shape index (κ2) is 1.97. The maximum absolute atomic E-state index is 4.19. The molecule has 0 atom stereocenters. The van der Waals surface area contributed by atoms with Crippen LogP contribution < -0.4 is 5.32 Å². The molecule has 0 unspecified atom stereocenters. The van der Waals surface area contributed by atoms with Gasteiger partial charge in [0.1, 0.15) is 5.82 Å². The Hall–Kier alpha value is -1.06. The molecule has 2 heterocycles. The predicted octanol–water partition coefficient (Wildman–Crippen LogP) is 0.402. The summed E-state index contributed by atoms with van der Waals surface area (Å²) < 4.78 is 1.92. The molecule has 0 aliphatic carbocycles. The summed E-state index contributed by atoms with van der Waals surface area (Å²) in [5, 5.41) is 7.37. The second-order valence-corrected chi connectivity index (χ2v) is 2.49. The van der Waals surface area contributed by atoms with Crippen molar-refractivity contribution in [3.8, 4) is 0 Å². The van der Waals surface area contributed by atoms with Crippen LogP contribution >= 0.6 is 0 Å². The Balaban J connectivity index is 2.41. The number of aromatic nitrogens is 3. The highest BCUT2D eigenvalue weighted by Crippen LogP contribution is 2.09. The van der Waals surface area contributed by atoms with Gasteiger partial charge >= 0.3 is 0 Å². The molecule has 0 saturated carbocycles. The van der Waals surface area contributed by atoms with Crippen molar-refractivity contribution >= 4 is 5.95 Å². The third-order valence-corrected chi connectivity index (χ3v) is 1.61. The molecule has 54 valence electrons. The minimum Gasteiger partial charge on any atom is -0.354 e. The van der Waals surface area contributed by atoms with E-state index in [2.05, 4.69) is 15.4 Å². The van der Waals surface area contributed by atoms with Gasteiger partial charge in [-0.15, -0.1) is 0 Å². The highest BCUT2D eigenvalue weighted by Gasteiger charge is 2.09. The molecule has 0 spiro atoms. The quantitative estimate of drug-likeness (QED) is 0.564. The van der Waals surface area contributed by atoms with Crippen LogP contribution in [0.5, 0.6) is 0 Å². The van der Waals surface area contributed by atoms with Crippen LogP contribution in [0.4, 0.5) is 5.95 Å². The SMILES string of the molecule is Cc1nc2n(n1)CCCN2. The Morgan fingerprint density at radius 2 is 2.50 bits per heavy atom. The zero-order valence-corrected chi connectivity index (χ0v) is 5.96. The molecule has 1 aliphatic rings. The van der Waals surface area contributed by atoms with E-state index in [0.29, 0.717) is 0 Å². The first kappa shape index (κ1) is 5.70. The van der Waals surface area contributed by atoms with E-state index in [-0.39, 0.29) is 0 Å². The van der Waals surface area contributed by atoms with Crippen LogP contribution in [0, 0.1) is 6.92 Å². The van der Waals surface area contributed by atoms with Gasteiger partial charge in [0.25, 0.3) is 0 Å². The van der Waals surface area contributed by atoms with Gasteiger partial charge in [-0.2, -0.15) is 10.1 Å². The fourth-order valence-electron chi connectivity index (χ4n) is 1.17. The van der Waals surface area contributed by atoms with Crippen molar-refractivity contribution in [3.63, 3.8) is 0 Å². The van der Waals surface area contributed by atoms with E-state index in [4.69, 9.17) is 0 Å². The van der Waals surface area contributed by atoms with Gasteiger partial charge in [-0.1, -0.05) is 0 Å². The van der Waals surface area contributed by atoms with E-state index in [1.165, 1.54) is 0 Å². The lowest BCUT2D eigenvalue weighted by Crippen LogP contribution is -2.17. The third kappa shape index (κ3) is 0.761. The lowest BCUT2D eigenvalue weighted by molar-refractivity contribution is 0.563. The summed E-state index contributed by atoms with van der Waals surface area (Å²) in [6, 6.07) is 0. The van der Waals surface area contributed by atoms with E-state index in [9.17, 15) is 0 Å². The summed E-state index contributed by atoms with van der Waals surface area (Å²) in [7, 11) is 0. The average Bonchev–Trinajstić information content (AvgIpc) is 2.27. The largest absolute Gasteiger partial charge is 0.354 e. The molecule has 2 rings (SSSR count). The van der Waals surface area contributed by atoms with Crippen molar-refractivity contribution in [2.45, 2.75) is 19.9 Å². The average molecular weight is 138 g/mol. The molecule has 10 heavy (non-hydrogen) atoms. The van der Waals surface area contributed by atoms with Crippen LogP contribution in [0.2, 0.25) is 0 Å². The van der Waals surface area contributed by atoms with Gasteiger partial charge in [0, 0.05) is 13.1 Å². The minimum absolute atomic E-state index is 0.851. The molecular formula is C6H10N4. The molecule has 4 heteroatoms. The van der Waals surface area contributed by atoms with Gasteiger partial charge in [-0.05, 0) is 13.3 Å². The fraction of sp³-hybridized carbons (Fsp3) is 0.667. The number of hydrogen-bond acceptors (Lipinski definition) is 3. The van der Waals surface area contributed by atoms with Crippen molar-refractivity contribution < 1.29 is 0 Å². The molecule has 1 aromatic rings. The summed E-state index contributed by atoms with van der Waals surface area (Å²) in [5.74, 6) is 1.77. The summed E-state index contributed by atoms with van der Waals surface area (Å²) in [4.78, 5) is 4.19. The predicted molar refractivity (Wildman–Crippen MR) is 37.9 cm³/mol. The summed E-state index contributed by atoms with van der Waals surface area (Å²) in [6.07, 6.45) is 1.15. The standard InChI is InChI=1S/C6H10N4/c1-5-8-6-7-3-2-4-10(6)9-5/h2-4H2,1H3,(H,7,8,9). The molecular weight excluding hydrogens is 128 g/mol. The van der Waals surface area contributed by atoms with Crippen molar-refractivity contribution in [1.82, 2.24) is 14.8 Å². The first-order chi connectivity index (χ1) is 4.86. The van der Waals surface area contributed by atoms with Crippen LogP contribution in [-0.2, 0) is 6.54 Å². The topological polar surface area (TPSA) is 42.7 Å². The summed E-state index contributed by atoms with van der Waals surface area (Å²) >= 11 is 0. The van der Waals surface area contributed by atoms with Gasteiger partial charge in [0.15, 0.2) is 0 Å². The Morgan fingerprint density at radius 3 is 3.30 bits per heavy atom. The Bertz CT molecular complexity index is 216. The highest BCUT2D eigenvalue weighted by molar-refractivity contribution is 5.26. The number of fused-ring (bicyclic) bond motifs is 1. The first-order valence-electron chi connectivity index (χ1n) is 3.51. The van der Waals surface area contributed by atoms with Crippen molar-refractivity contribution in [2.24, 2.45) is 0 Å². The molecule has 4 nitrogen and oxygen atoms in total. The Labute approximate surface area is 59.3 Å². The highest BCUT2D eigenvalue weighted by atomic mass is 15.4. The number of nitrogens with one attached hydrogen (secondary N) is 1. The van der Waals surface area contributed by atoms with Gasteiger partial charge in [0.05, 0.1) is 0 Å². The van der Waals surface area contributed by atoms with Crippen LogP contribution in [0.25, 0.3) is 0 Å². The molecule has 0 amide bonds. The van der Waals surface area contributed by atoms with Gasteiger partial charge in [-0.25, -0.2) is 4.68 Å². The maximum Gasteiger partial charge on any atom is 0.221 e. The molecule has 0 radical (unpaired) electrons. The molecule has 0 saturated heterocycles. The van der Waals surface area contributed by atoms with Crippen LogP contribution in [-0.4, -0.2) is 21.3 Å². The zero-order chi connectivity index (χ0) is 6.97. The number of aryl methyl sites for hydroxylation is 2. The van der Waals surface area contributed by atoms with Gasteiger partial charge in [0.2, 0.25) is 5.95 Å². The van der Waals surface area contributed by atoms with E-state index >= 15 is 0 Å². The van der Waals surface area contributed by atoms with E-state index in [1.807, 2.05) is 11.6 Å². The number of anilines is 1. The van der Waals surface area contributed by atoms with E-state index in [1.54, 1.807) is 0 Å². The lowest BCUT2D eigenvalue weighted by atomic mass is 10.4. The monoisotopic (exact) mass is 138 g/mol. The normalized spacial score (nSPS) is 16.1. The summed E-state index contributed by atoms with van der Waals surface area (Å²) in [5.41, 5.74) is 0. The van der Waals surface area contributed by atoms with Crippen LogP contribution in [0.3, 0.4) is 0 Å². The van der Waals surface area contributed by atoms with Gasteiger partial charge in [-0.3, -0.25) is 0 Å². The Morgan fingerprint density at radius 1 is 1.60 bits per heavy atom. The third-order valence-electron chi connectivity index (χ3n) is 1.61. The second-order valence-electron chi connectivity index (χ2n) is 2.49. The van der Waals surface area contributed by atoms with Crippen molar-refractivity contribution in [2.75, 3.05) is 11.9 Å². The van der Waals surface area contributed by atoms with E-state index < -0.39 is 0 Å². The number of rotatable bonds is 0. The molecule has 0 bridgehead atoms. The molecule has 0 aromatic carbocycles. The number of hydrogen-bond donors (Lipinski definition) is 1. The van der Waals surface area contributed by atoms with E-state index in [0.717, 1.165) is 31.3 Å². The zero-order valence-electron chi connectivity index (χ0n) is 5.96. The molecule has 1 N–H and O–H groups in total. The first-order valence-corrected chi connectivity index (χ1v) is 3.51. The Kier molecular flexibility index (Phi) is 1.12. The van der Waals surface area contributed by atoms with Crippen molar-refractivity contribution in [3.05, 3.63) is 5.82 Å². The smallest absolute Gasteiger partial charge is 0.221 e. The van der Waals surface area contributed by atoms with Crippen LogP contribution in [0.15, 0.2) is 0 Å². The van der Waals surface area contributed by atoms with Gasteiger partial charge < -0.3 is 5.32 Å². The van der Waals surface area contributed by atoms with Crippen LogP contribution in [0.1, 0.15) is 12.2 Å². The summed E-state index contributed by atoms with van der Waals surface area (Å²) in [6.45, 7) is 3.94. The number of nitrogens with zero attached hydrogens (tertiary/aromatic N) is 3. The molecule has 0 fully saturated rings. The fourth-order valence-corrected chi connectivity index (χ4v) is 1.17. The van der Waals surface area contributed by atoms with Crippen molar-refractivity contribution in [1.29, 1.82) is 0 Å². The maximum atomic E-state index is 4.19. The molecule has 1 aliphatic heterocycles.